The van der Waals surface area contributed by atoms with Crippen LogP contribution in [0, 0.1) is 11.3 Å². The lowest BCUT2D eigenvalue weighted by Crippen LogP contribution is -2.21. The van der Waals surface area contributed by atoms with Crippen LogP contribution in [0.3, 0.4) is 0 Å². The number of fused-ring (bicyclic) bond motifs is 1. The third-order valence-electron chi connectivity index (χ3n) is 4.01. The minimum Gasteiger partial charge on any atom is -0.440 e. The highest BCUT2D eigenvalue weighted by Gasteiger charge is 2.32. The summed E-state index contributed by atoms with van der Waals surface area (Å²) in [6.07, 6.45) is 0. The molecule has 2 aromatic carbocycles. The lowest BCUT2D eigenvalue weighted by atomic mass is 9.83. The Kier molecular flexibility index (Phi) is 4.31. The van der Waals surface area contributed by atoms with Crippen LogP contribution in [0.5, 0.6) is 5.75 Å². The van der Waals surface area contributed by atoms with Gasteiger partial charge in [-0.1, -0.05) is 41.4 Å². The summed E-state index contributed by atoms with van der Waals surface area (Å²) in [6, 6.07) is 13.3. The molecule has 6 heteroatoms. The van der Waals surface area contributed by atoms with Gasteiger partial charge in [0.2, 0.25) is 5.88 Å². The molecular weight excluding hydrogens is 345 g/mol. The van der Waals surface area contributed by atoms with Crippen molar-refractivity contribution in [3.8, 4) is 11.8 Å². The number of nitrogens with two attached hydrogens (primary N) is 1. The van der Waals surface area contributed by atoms with Crippen LogP contribution in [0.25, 0.3) is 0 Å². The van der Waals surface area contributed by atoms with Crippen LogP contribution >= 0.6 is 23.2 Å². The summed E-state index contributed by atoms with van der Waals surface area (Å²) < 4.78 is 5.68. The van der Waals surface area contributed by atoms with Gasteiger partial charge in [0.1, 0.15) is 17.4 Å². The Bertz CT molecular complexity index is 884. The molecule has 0 saturated carbocycles. The van der Waals surface area contributed by atoms with E-state index in [1.54, 1.807) is 12.1 Å². The van der Waals surface area contributed by atoms with Crippen LogP contribution in [-0.2, 0) is 0 Å². The van der Waals surface area contributed by atoms with Crippen molar-refractivity contribution in [1.29, 1.82) is 5.26 Å². The Balaban J connectivity index is 2.24. The van der Waals surface area contributed by atoms with Crippen LogP contribution in [0.4, 0.5) is 5.69 Å². The molecule has 1 aliphatic rings. The second kappa shape index (κ2) is 6.27. The molecule has 3 rings (SSSR count). The predicted molar refractivity (Wildman–Crippen MR) is 96.5 cm³/mol. The van der Waals surface area contributed by atoms with E-state index < -0.39 is 5.92 Å². The molecule has 1 unspecified atom stereocenters. The van der Waals surface area contributed by atoms with Crippen molar-refractivity contribution in [3.05, 3.63) is 69.0 Å². The van der Waals surface area contributed by atoms with Gasteiger partial charge in [-0.3, -0.25) is 0 Å². The van der Waals surface area contributed by atoms with Gasteiger partial charge in [0.15, 0.2) is 0 Å². The van der Waals surface area contributed by atoms with Gasteiger partial charge >= 0.3 is 0 Å². The molecule has 122 valence electrons. The van der Waals surface area contributed by atoms with E-state index in [2.05, 4.69) is 6.07 Å². The van der Waals surface area contributed by atoms with E-state index in [1.807, 2.05) is 43.3 Å². The Hall–Kier alpha value is -2.35. The lowest BCUT2D eigenvalue weighted by molar-refractivity contribution is 0.394. The van der Waals surface area contributed by atoms with Crippen LogP contribution in [-0.4, -0.2) is 14.1 Å². The maximum atomic E-state index is 9.57. The Morgan fingerprint density at radius 3 is 2.58 bits per heavy atom. The fourth-order valence-electron chi connectivity index (χ4n) is 2.79. The third-order valence-corrected chi connectivity index (χ3v) is 4.85. The third kappa shape index (κ3) is 2.66. The van der Waals surface area contributed by atoms with E-state index in [-0.39, 0.29) is 5.88 Å². The minimum absolute atomic E-state index is 0.0851. The molecule has 0 fully saturated rings. The van der Waals surface area contributed by atoms with E-state index in [0.29, 0.717) is 21.4 Å². The van der Waals surface area contributed by atoms with Crippen molar-refractivity contribution in [2.24, 2.45) is 5.73 Å². The summed E-state index contributed by atoms with van der Waals surface area (Å²) in [5.41, 5.74) is 8.84. The average molecular weight is 360 g/mol. The maximum Gasteiger partial charge on any atom is 0.205 e. The standard InChI is InChI=1S/C18H15Cl2N3O/c1-23(2)10-6-7-11-15(8-10)24-18(22)13(9-21)16(11)12-4-3-5-14(19)17(12)20/h3-8,16H,22H2,1-2H3. The van der Waals surface area contributed by atoms with Gasteiger partial charge in [0.25, 0.3) is 0 Å². The predicted octanol–water partition coefficient (Wildman–Crippen LogP) is 4.28. The van der Waals surface area contributed by atoms with Crippen molar-refractivity contribution in [2.45, 2.75) is 5.92 Å². The summed E-state index contributed by atoms with van der Waals surface area (Å²) in [7, 11) is 3.88. The number of hydrogen-bond donors (Lipinski definition) is 1. The first-order valence-corrected chi connectivity index (χ1v) is 8.02. The van der Waals surface area contributed by atoms with E-state index in [0.717, 1.165) is 16.8 Å². The van der Waals surface area contributed by atoms with E-state index in [9.17, 15) is 5.26 Å². The summed E-state index contributed by atoms with van der Waals surface area (Å²) in [5, 5.41) is 10.4. The zero-order valence-corrected chi connectivity index (χ0v) is 14.7. The largest absolute Gasteiger partial charge is 0.440 e. The molecule has 2 N–H and O–H groups in total. The number of allylic oxidation sites excluding steroid dienone is 1. The van der Waals surface area contributed by atoms with E-state index in [1.165, 1.54) is 0 Å². The van der Waals surface area contributed by atoms with Crippen LogP contribution < -0.4 is 15.4 Å². The fourth-order valence-corrected chi connectivity index (χ4v) is 3.20. The molecule has 1 atom stereocenters. The van der Waals surface area contributed by atoms with E-state index in [4.69, 9.17) is 33.7 Å². The number of ether oxygens (including phenoxy) is 1. The van der Waals surface area contributed by atoms with Crippen molar-refractivity contribution < 1.29 is 4.74 Å². The number of halogens is 2. The second-order valence-electron chi connectivity index (χ2n) is 5.68. The fraction of sp³-hybridized carbons (Fsp3) is 0.167. The second-order valence-corrected chi connectivity index (χ2v) is 6.47. The Morgan fingerprint density at radius 1 is 1.17 bits per heavy atom. The monoisotopic (exact) mass is 359 g/mol. The molecule has 24 heavy (non-hydrogen) atoms. The topological polar surface area (TPSA) is 62.3 Å². The zero-order chi connectivity index (χ0) is 17.4. The number of nitriles is 1. The zero-order valence-electron chi connectivity index (χ0n) is 13.2. The van der Waals surface area contributed by atoms with Crippen LogP contribution in [0.2, 0.25) is 10.0 Å². The van der Waals surface area contributed by atoms with Crippen LogP contribution in [0.15, 0.2) is 47.9 Å². The number of rotatable bonds is 2. The summed E-state index contributed by atoms with van der Waals surface area (Å²) in [4.78, 5) is 1.96. The summed E-state index contributed by atoms with van der Waals surface area (Å²) >= 11 is 12.5. The highest BCUT2D eigenvalue weighted by molar-refractivity contribution is 6.42. The molecule has 2 aromatic rings. The first-order chi connectivity index (χ1) is 11.4. The van der Waals surface area contributed by atoms with Crippen molar-refractivity contribution in [1.82, 2.24) is 0 Å². The molecule has 0 radical (unpaired) electrons. The van der Waals surface area contributed by atoms with Crippen molar-refractivity contribution in [3.63, 3.8) is 0 Å². The molecule has 1 aliphatic heterocycles. The lowest BCUT2D eigenvalue weighted by Gasteiger charge is -2.28. The van der Waals surface area contributed by atoms with Crippen molar-refractivity contribution >= 4 is 28.9 Å². The SMILES string of the molecule is CN(C)c1ccc2c(c1)OC(N)=C(C#N)C2c1cccc(Cl)c1Cl. The quantitative estimate of drug-likeness (QED) is 0.869. The molecule has 0 spiro atoms. The van der Waals surface area contributed by atoms with Gasteiger partial charge in [-0.25, -0.2) is 0 Å². The van der Waals surface area contributed by atoms with Gasteiger partial charge in [0, 0.05) is 31.4 Å². The normalized spacial score (nSPS) is 16.2. The maximum absolute atomic E-state index is 9.57. The summed E-state index contributed by atoms with van der Waals surface area (Å²) in [5.74, 6) is 0.279. The number of anilines is 1. The molecule has 4 nitrogen and oxygen atoms in total. The molecule has 0 saturated heterocycles. The van der Waals surface area contributed by atoms with E-state index >= 15 is 0 Å². The Morgan fingerprint density at radius 2 is 1.92 bits per heavy atom. The number of nitrogens with zero attached hydrogens (tertiary/aromatic N) is 2. The molecular formula is C18H15Cl2N3O. The minimum atomic E-state index is -0.416. The van der Waals surface area contributed by atoms with Gasteiger partial charge in [-0.2, -0.15) is 5.26 Å². The van der Waals surface area contributed by atoms with Gasteiger partial charge < -0.3 is 15.4 Å². The first kappa shape index (κ1) is 16.5. The highest BCUT2D eigenvalue weighted by Crippen LogP contribution is 2.46. The molecule has 0 aromatic heterocycles. The van der Waals surface area contributed by atoms with Gasteiger partial charge in [0.05, 0.1) is 16.0 Å². The van der Waals surface area contributed by atoms with Crippen molar-refractivity contribution in [2.75, 3.05) is 19.0 Å². The van der Waals surface area contributed by atoms with Gasteiger partial charge in [-0.05, 0) is 17.7 Å². The van der Waals surface area contributed by atoms with Crippen LogP contribution in [0.1, 0.15) is 17.0 Å². The molecule has 0 aliphatic carbocycles. The Labute approximate surface area is 150 Å². The average Bonchev–Trinajstić information content (AvgIpc) is 2.55. The summed E-state index contributed by atoms with van der Waals surface area (Å²) in [6.45, 7) is 0. The number of benzene rings is 2. The van der Waals surface area contributed by atoms with Gasteiger partial charge in [-0.15, -0.1) is 0 Å². The molecule has 0 bridgehead atoms. The first-order valence-electron chi connectivity index (χ1n) is 7.26. The smallest absolute Gasteiger partial charge is 0.205 e. The molecule has 1 heterocycles. The molecule has 0 amide bonds. The highest BCUT2D eigenvalue weighted by atomic mass is 35.5. The number of hydrogen-bond acceptors (Lipinski definition) is 4.